The number of hydrogen-bond acceptors (Lipinski definition) is 3. The summed E-state index contributed by atoms with van der Waals surface area (Å²) in [5.41, 5.74) is 2.57. The van der Waals surface area contributed by atoms with E-state index in [1.165, 1.54) is 5.56 Å². The molecule has 0 atom stereocenters. The lowest BCUT2D eigenvalue weighted by molar-refractivity contribution is 0.438. The van der Waals surface area contributed by atoms with Crippen molar-refractivity contribution < 1.29 is 0 Å². The molecule has 0 fully saturated rings. The van der Waals surface area contributed by atoms with Gasteiger partial charge in [-0.1, -0.05) is 25.6 Å². The highest BCUT2D eigenvalue weighted by Gasteiger charge is 2.23. The molecule has 0 aromatic heterocycles. The highest BCUT2D eigenvalue weighted by atomic mass is 79.9. The lowest BCUT2D eigenvalue weighted by Crippen LogP contribution is -2.27. The number of rotatable bonds is 1. The first-order valence-corrected chi connectivity index (χ1v) is 8.34. The molecule has 0 radical (unpaired) electrons. The summed E-state index contributed by atoms with van der Waals surface area (Å²) in [5, 5.41) is 4.40. The minimum Gasteiger partial charge on any atom is -0.333 e. The molecular weight excluding hydrogens is 376 g/mol. The SMILES string of the molecule is Cc1cc(Br)c(NC2=NCC(C)(C)CS2)c(Br)c1. The first-order valence-electron chi connectivity index (χ1n) is 5.77. The summed E-state index contributed by atoms with van der Waals surface area (Å²) >= 11 is 8.96. The standard InChI is InChI=1S/C13H16Br2N2S/c1-8-4-9(14)11(10(15)5-8)17-12-16-6-13(2,3)7-18-12/h4-5H,6-7H2,1-3H3,(H,16,17). The van der Waals surface area contributed by atoms with E-state index in [-0.39, 0.29) is 0 Å². The van der Waals surface area contributed by atoms with Crippen LogP contribution in [0.15, 0.2) is 26.1 Å². The van der Waals surface area contributed by atoms with E-state index in [0.29, 0.717) is 5.41 Å². The van der Waals surface area contributed by atoms with Crippen molar-refractivity contribution in [3.8, 4) is 0 Å². The number of nitrogens with zero attached hydrogens (tertiary/aromatic N) is 1. The Bertz CT molecular complexity index is 475. The van der Waals surface area contributed by atoms with Gasteiger partial charge in [0.25, 0.3) is 0 Å². The minimum atomic E-state index is 0.303. The Balaban J connectivity index is 2.18. The van der Waals surface area contributed by atoms with Crippen molar-refractivity contribution in [3.05, 3.63) is 26.6 Å². The van der Waals surface area contributed by atoms with Crippen molar-refractivity contribution in [1.82, 2.24) is 0 Å². The van der Waals surface area contributed by atoms with Gasteiger partial charge in [-0.2, -0.15) is 0 Å². The van der Waals surface area contributed by atoms with Crippen LogP contribution in [-0.2, 0) is 0 Å². The fourth-order valence-electron chi connectivity index (χ4n) is 1.64. The molecule has 1 N–H and O–H groups in total. The molecule has 18 heavy (non-hydrogen) atoms. The number of aliphatic imine (C=N–C) groups is 1. The van der Waals surface area contributed by atoms with Crippen molar-refractivity contribution >= 4 is 54.5 Å². The van der Waals surface area contributed by atoms with Gasteiger partial charge < -0.3 is 5.32 Å². The summed E-state index contributed by atoms with van der Waals surface area (Å²) in [6.45, 7) is 7.45. The Kier molecular flexibility index (Phi) is 4.44. The van der Waals surface area contributed by atoms with Gasteiger partial charge in [-0.3, -0.25) is 4.99 Å². The average Bonchev–Trinajstić information content (AvgIpc) is 2.25. The van der Waals surface area contributed by atoms with Gasteiger partial charge in [-0.25, -0.2) is 0 Å². The monoisotopic (exact) mass is 390 g/mol. The maximum Gasteiger partial charge on any atom is 0.161 e. The van der Waals surface area contributed by atoms with Crippen LogP contribution in [0.25, 0.3) is 0 Å². The maximum absolute atomic E-state index is 4.61. The highest BCUT2D eigenvalue weighted by molar-refractivity contribution is 9.11. The van der Waals surface area contributed by atoms with Gasteiger partial charge in [0.2, 0.25) is 0 Å². The van der Waals surface area contributed by atoms with Crippen molar-refractivity contribution in [1.29, 1.82) is 0 Å². The van der Waals surface area contributed by atoms with E-state index < -0.39 is 0 Å². The summed E-state index contributed by atoms with van der Waals surface area (Å²) in [4.78, 5) is 4.61. The molecule has 1 aliphatic heterocycles. The Morgan fingerprint density at radius 2 is 1.89 bits per heavy atom. The number of benzene rings is 1. The molecule has 0 saturated carbocycles. The second-order valence-corrected chi connectivity index (χ2v) is 7.98. The molecule has 1 aromatic carbocycles. The molecule has 2 rings (SSSR count). The van der Waals surface area contributed by atoms with Crippen LogP contribution >= 0.6 is 43.6 Å². The largest absolute Gasteiger partial charge is 0.333 e. The van der Waals surface area contributed by atoms with E-state index in [1.807, 2.05) is 0 Å². The van der Waals surface area contributed by atoms with Crippen molar-refractivity contribution in [2.45, 2.75) is 20.8 Å². The summed E-state index contributed by atoms with van der Waals surface area (Å²) in [5.74, 6) is 1.10. The van der Waals surface area contributed by atoms with E-state index in [1.54, 1.807) is 11.8 Å². The van der Waals surface area contributed by atoms with Crippen LogP contribution in [0.2, 0.25) is 0 Å². The molecule has 0 bridgehead atoms. The molecule has 5 heteroatoms. The summed E-state index contributed by atoms with van der Waals surface area (Å²) in [7, 11) is 0. The molecular formula is C13H16Br2N2S. The van der Waals surface area contributed by atoms with Crippen LogP contribution in [0.1, 0.15) is 19.4 Å². The fourth-order valence-corrected chi connectivity index (χ4v) is 4.21. The fraction of sp³-hybridized carbons (Fsp3) is 0.462. The van der Waals surface area contributed by atoms with E-state index >= 15 is 0 Å². The Morgan fingerprint density at radius 1 is 1.28 bits per heavy atom. The molecule has 0 spiro atoms. The molecule has 0 unspecified atom stereocenters. The number of halogens is 2. The number of amidine groups is 1. The third kappa shape index (κ3) is 3.52. The molecule has 98 valence electrons. The van der Waals surface area contributed by atoms with Crippen LogP contribution in [0.5, 0.6) is 0 Å². The molecule has 1 aliphatic rings. The van der Waals surface area contributed by atoms with Crippen LogP contribution < -0.4 is 5.32 Å². The van der Waals surface area contributed by atoms with E-state index in [0.717, 1.165) is 32.1 Å². The third-order valence-electron chi connectivity index (χ3n) is 2.67. The smallest absolute Gasteiger partial charge is 0.161 e. The zero-order valence-corrected chi connectivity index (χ0v) is 14.7. The average molecular weight is 392 g/mol. The second kappa shape index (κ2) is 5.55. The van der Waals surface area contributed by atoms with E-state index in [9.17, 15) is 0 Å². The van der Waals surface area contributed by atoms with Gasteiger partial charge in [0, 0.05) is 21.2 Å². The van der Waals surface area contributed by atoms with Crippen LogP contribution in [0.4, 0.5) is 5.69 Å². The van der Waals surface area contributed by atoms with Crippen LogP contribution in [0, 0.1) is 12.3 Å². The predicted molar refractivity (Wildman–Crippen MR) is 88.7 cm³/mol. The topological polar surface area (TPSA) is 24.4 Å². The third-order valence-corrected chi connectivity index (χ3v) is 5.35. The van der Waals surface area contributed by atoms with Gasteiger partial charge in [0.1, 0.15) is 0 Å². The van der Waals surface area contributed by atoms with Gasteiger partial charge in [-0.05, 0) is 61.9 Å². The number of anilines is 1. The quantitative estimate of drug-likeness (QED) is 0.723. The molecule has 1 heterocycles. The Hall–Kier alpha value is -0.000000000000000111. The number of aryl methyl sites for hydroxylation is 1. The highest BCUT2D eigenvalue weighted by Crippen LogP contribution is 2.35. The van der Waals surface area contributed by atoms with Crippen LogP contribution in [-0.4, -0.2) is 17.5 Å². The zero-order valence-electron chi connectivity index (χ0n) is 10.7. The Morgan fingerprint density at radius 3 is 2.39 bits per heavy atom. The summed E-state index contributed by atoms with van der Waals surface area (Å²) in [6, 6.07) is 4.20. The molecule has 0 saturated heterocycles. The molecule has 1 aromatic rings. The normalized spacial score (nSPS) is 18.4. The molecule has 0 amide bonds. The molecule has 0 aliphatic carbocycles. The maximum atomic E-state index is 4.61. The summed E-state index contributed by atoms with van der Waals surface area (Å²) in [6.07, 6.45) is 0. The second-order valence-electron chi connectivity index (χ2n) is 5.30. The van der Waals surface area contributed by atoms with Crippen molar-refractivity contribution in [2.24, 2.45) is 10.4 Å². The van der Waals surface area contributed by atoms with Gasteiger partial charge in [0.05, 0.1) is 5.69 Å². The number of hydrogen-bond donors (Lipinski definition) is 1. The van der Waals surface area contributed by atoms with Crippen LogP contribution in [0.3, 0.4) is 0 Å². The lowest BCUT2D eigenvalue weighted by atomic mass is 9.97. The van der Waals surface area contributed by atoms with E-state index in [4.69, 9.17) is 0 Å². The molecule has 2 nitrogen and oxygen atoms in total. The van der Waals surface area contributed by atoms with Gasteiger partial charge in [-0.15, -0.1) is 0 Å². The first kappa shape index (κ1) is 14.4. The number of nitrogens with one attached hydrogen (secondary N) is 1. The van der Waals surface area contributed by atoms with Gasteiger partial charge >= 0.3 is 0 Å². The minimum absolute atomic E-state index is 0.303. The van der Waals surface area contributed by atoms with Crippen molar-refractivity contribution in [3.63, 3.8) is 0 Å². The Labute approximate surface area is 129 Å². The first-order chi connectivity index (χ1) is 8.37. The summed E-state index contributed by atoms with van der Waals surface area (Å²) < 4.78 is 2.12. The predicted octanol–water partition coefficient (Wildman–Crippen LogP) is 5.06. The number of thioether (sulfide) groups is 1. The van der Waals surface area contributed by atoms with E-state index in [2.05, 4.69) is 75.1 Å². The van der Waals surface area contributed by atoms with Crippen molar-refractivity contribution in [2.75, 3.05) is 17.6 Å². The lowest BCUT2D eigenvalue weighted by Gasteiger charge is -2.27. The zero-order chi connectivity index (χ0) is 13.3. The van der Waals surface area contributed by atoms with Gasteiger partial charge in [0.15, 0.2) is 5.17 Å².